The van der Waals surface area contributed by atoms with Crippen LogP contribution in [-0.2, 0) is 4.74 Å². The first kappa shape index (κ1) is 9.26. The van der Waals surface area contributed by atoms with Gasteiger partial charge in [0.25, 0.3) is 0 Å². The van der Waals surface area contributed by atoms with Gasteiger partial charge in [0.2, 0.25) is 0 Å². The predicted octanol–water partition coefficient (Wildman–Crippen LogP) is 1.45. The molecule has 0 radical (unpaired) electrons. The van der Waals surface area contributed by atoms with Crippen molar-refractivity contribution in [2.75, 3.05) is 6.61 Å². The Morgan fingerprint density at radius 1 is 1.58 bits per heavy atom. The monoisotopic (exact) mass is 168 g/mol. The van der Waals surface area contributed by atoms with E-state index in [-0.39, 0.29) is 6.23 Å². The van der Waals surface area contributed by atoms with Crippen LogP contribution in [0.3, 0.4) is 0 Å². The van der Waals surface area contributed by atoms with E-state index in [0.29, 0.717) is 0 Å². The van der Waals surface area contributed by atoms with Gasteiger partial charge in [0.05, 0.1) is 0 Å². The molecule has 12 heavy (non-hydrogen) atoms. The van der Waals surface area contributed by atoms with E-state index in [4.69, 9.17) is 10.5 Å². The summed E-state index contributed by atoms with van der Waals surface area (Å²) in [6, 6.07) is 0. The second kappa shape index (κ2) is 4.93. The Kier molecular flexibility index (Phi) is 3.80. The van der Waals surface area contributed by atoms with Crippen LogP contribution in [-0.4, -0.2) is 18.5 Å². The summed E-state index contributed by atoms with van der Waals surface area (Å²) in [5.74, 6) is 0. The van der Waals surface area contributed by atoms with Crippen molar-refractivity contribution < 1.29 is 4.74 Å². The molecule has 68 valence electrons. The molecule has 0 amide bonds. The van der Waals surface area contributed by atoms with E-state index < -0.39 is 0 Å². The minimum atomic E-state index is 0.0648. The molecule has 0 aromatic heterocycles. The van der Waals surface area contributed by atoms with Crippen molar-refractivity contribution in [3.63, 3.8) is 0 Å². The molecule has 3 nitrogen and oxygen atoms in total. The lowest BCUT2D eigenvalue weighted by molar-refractivity contribution is 0.0224. The largest absolute Gasteiger partial charge is 0.405 e. The summed E-state index contributed by atoms with van der Waals surface area (Å²) in [6.07, 6.45) is 6.77. The van der Waals surface area contributed by atoms with Gasteiger partial charge in [-0.3, -0.25) is 4.99 Å². The summed E-state index contributed by atoms with van der Waals surface area (Å²) in [5.41, 5.74) is 6.17. The highest BCUT2D eigenvalue weighted by Crippen LogP contribution is 2.13. The molecule has 0 bridgehead atoms. The number of rotatable bonds is 2. The third kappa shape index (κ3) is 3.05. The molecule has 1 saturated heterocycles. The van der Waals surface area contributed by atoms with E-state index in [2.05, 4.69) is 4.99 Å². The van der Waals surface area contributed by atoms with E-state index in [1.807, 2.05) is 6.92 Å². The fraction of sp³-hybridized carbons (Fsp3) is 0.667. The number of hydrogen-bond acceptors (Lipinski definition) is 3. The number of allylic oxidation sites excluding steroid dienone is 1. The van der Waals surface area contributed by atoms with E-state index in [1.165, 1.54) is 12.6 Å². The summed E-state index contributed by atoms with van der Waals surface area (Å²) >= 11 is 0. The number of aliphatic imine (C=N–C) groups is 1. The van der Waals surface area contributed by atoms with Crippen molar-refractivity contribution in [2.45, 2.75) is 32.4 Å². The van der Waals surface area contributed by atoms with Crippen LogP contribution >= 0.6 is 0 Å². The molecule has 3 heteroatoms. The topological polar surface area (TPSA) is 47.6 Å². The quantitative estimate of drug-likeness (QED) is 0.634. The molecule has 0 aromatic rings. The lowest BCUT2D eigenvalue weighted by Gasteiger charge is -2.18. The summed E-state index contributed by atoms with van der Waals surface area (Å²) < 4.78 is 5.43. The van der Waals surface area contributed by atoms with Gasteiger partial charge in [0.1, 0.15) is 6.23 Å². The first-order valence-corrected chi connectivity index (χ1v) is 4.37. The van der Waals surface area contributed by atoms with Crippen LogP contribution in [0.2, 0.25) is 0 Å². The molecule has 1 rings (SSSR count). The van der Waals surface area contributed by atoms with Crippen LogP contribution in [0.25, 0.3) is 0 Å². The van der Waals surface area contributed by atoms with Gasteiger partial charge in [-0.25, -0.2) is 0 Å². The van der Waals surface area contributed by atoms with Crippen molar-refractivity contribution in [1.29, 1.82) is 0 Å². The molecule has 1 aliphatic rings. The maximum absolute atomic E-state index is 5.43. The zero-order valence-electron chi connectivity index (χ0n) is 7.49. The molecule has 0 spiro atoms. The molecule has 1 atom stereocenters. The fourth-order valence-corrected chi connectivity index (χ4v) is 1.23. The minimum Gasteiger partial charge on any atom is -0.405 e. The zero-order chi connectivity index (χ0) is 8.81. The number of hydrogen-bond donors (Lipinski definition) is 1. The molecular weight excluding hydrogens is 152 g/mol. The third-order valence-electron chi connectivity index (χ3n) is 1.84. The lowest BCUT2D eigenvalue weighted by Crippen LogP contribution is -2.17. The lowest BCUT2D eigenvalue weighted by atomic mass is 10.2. The summed E-state index contributed by atoms with van der Waals surface area (Å²) in [6.45, 7) is 2.77. The highest BCUT2D eigenvalue weighted by molar-refractivity contribution is 5.92. The van der Waals surface area contributed by atoms with Gasteiger partial charge in [-0.1, -0.05) is 0 Å². The van der Waals surface area contributed by atoms with Crippen LogP contribution in [0, 0.1) is 0 Å². The second-order valence-electron chi connectivity index (χ2n) is 2.95. The Labute approximate surface area is 73.3 Å². The van der Waals surface area contributed by atoms with Crippen molar-refractivity contribution in [1.82, 2.24) is 0 Å². The molecule has 0 aliphatic carbocycles. The predicted molar refractivity (Wildman–Crippen MR) is 50.0 cm³/mol. The SMILES string of the molecule is CC(C=CN)=NC1CCCCO1. The zero-order valence-corrected chi connectivity index (χ0v) is 7.49. The van der Waals surface area contributed by atoms with Crippen LogP contribution in [0.5, 0.6) is 0 Å². The first-order valence-electron chi connectivity index (χ1n) is 4.37. The van der Waals surface area contributed by atoms with Crippen LogP contribution < -0.4 is 5.73 Å². The molecular formula is C9H16N2O. The minimum absolute atomic E-state index is 0.0648. The number of nitrogens with two attached hydrogens (primary N) is 1. The maximum Gasteiger partial charge on any atom is 0.148 e. The van der Waals surface area contributed by atoms with E-state index in [1.54, 1.807) is 6.08 Å². The van der Waals surface area contributed by atoms with Crippen LogP contribution in [0.4, 0.5) is 0 Å². The maximum atomic E-state index is 5.43. The molecule has 1 fully saturated rings. The van der Waals surface area contributed by atoms with E-state index in [0.717, 1.165) is 25.2 Å². The van der Waals surface area contributed by atoms with Gasteiger partial charge >= 0.3 is 0 Å². The highest BCUT2D eigenvalue weighted by atomic mass is 16.5. The molecule has 2 N–H and O–H groups in total. The van der Waals surface area contributed by atoms with E-state index in [9.17, 15) is 0 Å². The average Bonchev–Trinajstić information content (AvgIpc) is 2.06. The Morgan fingerprint density at radius 2 is 2.42 bits per heavy atom. The highest BCUT2D eigenvalue weighted by Gasteiger charge is 2.11. The fourth-order valence-electron chi connectivity index (χ4n) is 1.23. The van der Waals surface area contributed by atoms with Crippen molar-refractivity contribution >= 4 is 5.71 Å². The summed E-state index contributed by atoms with van der Waals surface area (Å²) in [7, 11) is 0. The number of nitrogens with zero attached hydrogens (tertiary/aromatic N) is 1. The molecule has 1 aliphatic heterocycles. The molecule has 1 heterocycles. The van der Waals surface area contributed by atoms with Gasteiger partial charge in [-0.15, -0.1) is 0 Å². The number of ether oxygens (including phenoxy) is 1. The first-order chi connectivity index (χ1) is 5.83. The van der Waals surface area contributed by atoms with Gasteiger partial charge in [0, 0.05) is 12.3 Å². The third-order valence-corrected chi connectivity index (χ3v) is 1.84. The Morgan fingerprint density at radius 3 is 3.00 bits per heavy atom. The van der Waals surface area contributed by atoms with Crippen molar-refractivity contribution in [3.05, 3.63) is 12.3 Å². The van der Waals surface area contributed by atoms with E-state index >= 15 is 0 Å². The standard InChI is InChI=1S/C9H16N2O/c1-8(5-6-10)11-9-4-2-3-7-12-9/h5-6,9H,2-4,7,10H2,1H3. The van der Waals surface area contributed by atoms with Gasteiger partial charge in [-0.2, -0.15) is 0 Å². The molecule has 0 aromatic carbocycles. The van der Waals surface area contributed by atoms with Crippen molar-refractivity contribution in [3.8, 4) is 0 Å². The average molecular weight is 168 g/mol. The summed E-state index contributed by atoms with van der Waals surface area (Å²) in [4.78, 5) is 4.35. The Bertz CT molecular complexity index is 181. The smallest absolute Gasteiger partial charge is 0.148 e. The van der Waals surface area contributed by atoms with Gasteiger partial charge in [-0.05, 0) is 38.5 Å². The normalized spacial score (nSPS) is 26.4. The van der Waals surface area contributed by atoms with Crippen LogP contribution in [0.15, 0.2) is 17.3 Å². The van der Waals surface area contributed by atoms with Crippen LogP contribution in [0.1, 0.15) is 26.2 Å². The molecule has 0 saturated carbocycles. The second-order valence-corrected chi connectivity index (χ2v) is 2.95. The van der Waals surface area contributed by atoms with Gasteiger partial charge in [0.15, 0.2) is 0 Å². The Hall–Kier alpha value is -0.830. The van der Waals surface area contributed by atoms with Gasteiger partial charge < -0.3 is 10.5 Å². The molecule has 1 unspecified atom stereocenters. The Balaban J connectivity index is 2.41. The summed E-state index contributed by atoms with van der Waals surface area (Å²) in [5, 5.41) is 0. The van der Waals surface area contributed by atoms with Crippen molar-refractivity contribution in [2.24, 2.45) is 10.7 Å².